The molecule has 0 fully saturated rings. The van der Waals surface area contributed by atoms with Crippen LogP contribution in [0, 0.1) is 6.92 Å². The number of rotatable bonds is 6. The van der Waals surface area contributed by atoms with Gasteiger partial charge >= 0.3 is 6.03 Å². The number of urea groups is 1. The molecule has 122 valence electrons. The summed E-state index contributed by atoms with van der Waals surface area (Å²) in [6.45, 7) is 5.34. The third-order valence-corrected chi connectivity index (χ3v) is 3.35. The van der Waals surface area contributed by atoms with Crippen molar-refractivity contribution in [1.82, 2.24) is 10.6 Å². The zero-order valence-electron chi connectivity index (χ0n) is 13.5. The van der Waals surface area contributed by atoms with E-state index in [0.29, 0.717) is 11.5 Å². The molecule has 0 aliphatic rings. The van der Waals surface area contributed by atoms with E-state index in [0.717, 1.165) is 11.1 Å². The lowest BCUT2D eigenvalue weighted by molar-refractivity contribution is -0.123. The van der Waals surface area contributed by atoms with Crippen LogP contribution < -0.4 is 25.8 Å². The monoisotopic (exact) mass is 309 g/mol. The van der Waals surface area contributed by atoms with Gasteiger partial charge < -0.3 is 25.8 Å². The second-order valence-corrected chi connectivity index (χ2v) is 5.02. The number of nitrogens with one attached hydrogen (secondary N) is 2. The lowest BCUT2D eigenvalue weighted by Gasteiger charge is -2.21. The molecule has 2 atom stereocenters. The minimum atomic E-state index is -0.738. The van der Waals surface area contributed by atoms with Crippen molar-refractivity contribution in [1.29, 1.82) is 0 Å². The summed E-state index contributed by atoms with van der Waals surface area (Å²) in [6, 6.07) is 1.97. The number of nitrogens with two attached hydrogens (primary N) is 1. The Kier molecular flexibility index (Phi) is 6.03. The molecule has 3 amide bonds. The van der Waals surface area contributed by atoms with Crippen LogP contribution in [0.25, 0.3) is 0 Å². The number of aryl methyl sites for hydroxylation is 1. The van der Waals surface area contributed by atoms with Crippen molar-refractivity contribution in [3.63, 3.8) is 0 Å². The lowest BCUT2D eigenvalue weighted by atomic mass is 10.0. The van der Waals surface area contributed by atoms with Gasteiger partial charge in [-0.3, -0.25) is 4.79 Å². The van der Waals surface area contributed by atoms with Crippen LogP contribution in [0.2, 0.25) is 0 Å². The number of carbonyl (C=O) groups excluding carboxylic acids is 2. The average molecular weight is 309 g/mol. The Morgan fingerprint density at radius 3 is 2.14 bits per heavy atom. The molecule has 0 radical (unpaired) electrons. The summed E-state index contributed by atoms with van der Waals surface area (Å²) in [5.74, 6) is 0.902. The molecule has 0 heterocycles. The maximum absolute atomic E-state index is 12.0. The molecular formula is C15H23N3O4. The van der Waals surface area contributed by atoms with Crippen LogP contribution in [-0.2, 0) is 4.79 Å². The number of methoxy groups -OCH3 is 2. The smallest absolute Gasteiger partial charge is 0.312 e. The molecule has 7 heteroatoms. The first-order valence-electron chi connectivity index (χ1n) is 6.89. The summed E-state index contributed by atoms with van der Waals surface area (Å²) in [6.07, 6.45) is 0. The van der Waals surface area contributed by atoms with Gasteiger partial charge in [-0.25, -0.2) is 4.79 Å². The van der Waals surface area contributed by atoms with Crippen molar-refractivity contribution < 1.29 is 19.1 Å². The zero-order valence-corrected chi connectivity index (χ0v) is 13.5. The Labute approximate surface area is 130 Å². The van der Waals surface area contributed by atoms with Gasteiger partial charge in [0.15, 0.2) is 11.5 Å². The van der Waals surface area contributed by atoms with E-state index in [1.165, 1.54) is 0 Å². The van der Waals surface area contributed by atoms with E-state index in [1.807, 2.05) is 26.0 Å². The molecule has 1 aromatic rings. The highest BCUT2D eigenvalue weighted by Gasteiger charge is 2.19. The maximum Gasteiger partial charge on any atom is 0.312 e. The molecule has 0 aromatic heterocycles. The van der Waals surface area contributed by atoms with E-state index in [9.17, 15) is 9.59 Å². The molecule has 0 aliphatic carbocycles. The van der Waals surface area contributed by atoms with Crippen molar-refractivity contribution in [2.75, 3.05) is 14.2 Å². The number of benzene rings is 1. The third kappa shape index (κ3) is 4.28. The Morgan fingerprint density at radius 1 is 1.09 bits per heavy atom. The summed E-state index contributed by atoms with van der Waals surface area (Å²) >= 11 is 0. The minimum absolute atomic E-state index is 0.260. The van der Waals surface area contributed by atoms with Gasteiger partial charge in [-0.05, 0) is 44.0 Å². The number of hydrogen-bond acceptors (Lipinski definition) is 4. The topological polar surface area (TPSA) is 103 Å². The summed E-state index contributed by atoms with van der Waals surface area (Å²) in [4.78, 5) is 22.8. The molecule has 0 spiro atoms. The first kappa shape index (κ1) is 17.6. The van der Waals surface area contributed by atoms with Gasteiger partial charge in [0.2, 0.25) is 5.91 Å². The molecule has 4 N–H and O–H groups in total. The molecule has 0 saturated carbocycles. The quantitative estimate of drug-likeness (QED) is 0.735. The molecule has 0 bridgehead atoms. The summed E-state index contributed by atoms with van der Waals surface area (Å²) in [5, 5.41) is 5.16. The van der Waals surface area contributed by atoms with Crippen molar-refractivity contribution in [2.45, 2.75) is 32.9 Å². The van der Waals surface area contributed by atoms with Crippen molar-refractivity contribution in [2.24, 2.45) is 5.73 Å². The first-order chi connectivity index (χ1) is 10.3. The van der Waals surface area contributed by atoms with Crippen molar-refractivity contribution in [3.05, 3.63) is 23.3 Å². The molecule has 1 aromatic carbocycles. The van der Waals surface area contributed by atoms with Gasteiger partial charge in [0.05, 0.1) is 20.3 Å². The number of ether oxygens (including phenoxy) is 2. The van der Waals surface area contributed by atoms with E-state index in [-0.39, 0.29) is 11.9 Å². The number of primary amides is 1. The Balaban J connectivity index is 2.91. The van der Waals surface area contributed by atoms with E-state index in [1.54, 1.807) is 21.1 Å². The third-order valence-electron chi connectivity index (χ3n) is 3.35. The molecule has 1 rings (SSSR count). The molecular weight excluding hydrogens is 286 g/mol. The lowest BCUT2D eigenvalue weighted by Crippen LogP contribution is -2.47. The molecule has 0 unspecified atom stereocenters. The highest BCUT2D eigenvalue weighted by molar-refractivity contribution is 5.86. The largest absolute Gasteiger partial charge is 0.493 e. The van der Waals surface area contributed by atoms with Gasteiger partial charge in [-0.1, -0.05) is 0 Å². The van der Waals surface area contributed by atoms with Crippen LogP contribution >= 0.6 is 0 Å². The van der Waals surface area contributed by atoms with Crippen LogP contribution in [0.1, 0.15) is 31.0 Å². The normalized spacial score (nSPS) is 13.0. The number of amides is 3. The fourth-order valence-electron chi connectivity index (χ4n) is 2.16. The van der Waals surface area contributed by atoms with Crippen LogP contribution in [0.3, 0.4) is 0 Å². The SMILES string of the molecule is COc1cc(C)c([C@H](C)NC(=O)[C@@H](C)NC(N)=O)cc1OC. The standard InChI is InChI=1S/C15H23N3O4/c1-8-6-12(21-4)13(22-5)7-11(8)9(2)17-14(19)10(3)18-15(16)20/h6-7,9-10H,1-5H3,(H,17,19)(H3,16,18,20)/t9-,10+/m0/s1. The van der Waals surface area contributed by atoms with E-state index in [4.69, 9.17) is 15.2 Å². The first-order valence-corrected chi connectivity index (χ1v) is 6.89. The Morgan fingerprint density at radius 2 is 1.64 bits per heavy atom. The van der Waals surface area contributed by atoms with Crippen LogP contribution in [0.4, 0.5) is 4.79 Å². The minimum Gasteiger partial charge on any atom is -0.493 e. The molecule has 22 heavy (non-hydrogen) atoms. The molecule has 0 aliphatic heterocycles. The Bertz CT molecular complexity index is 560. The second kappa shape index (κ2) is 7.53. The fraction of sp³-hybridized carbons (Fsp3) is 0.467. The number of hydrogen-bond donors (Lipinski definition) is 3. The highest BCUT2D eigenvalue weighted by atomic mass is 16.5. The Hall–Kier alpha value is -2.44. The summed E-state index contributed by atoms with van der Waals surface area (Å²) in [7, 11) is 3.12. The number of carbonyl (C=O) groups is 2. The van der Waals surface area contributed by atoms with Crippen LogP contribution in [0.15, 0.2) is 12.1 Å². The van der Waals surface area contributed by atoms with E-state index in [2.05, 4.69) is 10.6 Å². The van der Waals surface area contributed by atoms with Crippen LogP contribution in [-0.4, -0.2) is 32.2 Å². The maximum atomic E-state index is 12.0. The predicted octanol–water partition coefficient (Wildman–Crippen LogP) is 1.25. The summed E-state index contributed by atoms with van der Waals surface area (Å²) < 4.78 is 10.5. The molecule has 0 saturated heterocycles. The van der Waals surface area contributed by atoms with Crippen molar-refractivity contribution in [3.8, 4) is 11.5 Å². The van der Waals surface area contributed by atoms with Gasteiger partial charge in [0.1, 0.15) is 6.04 Å². The second-order valence-electron chi connectivity index (χ2n) is 5.02. The summed E-state index contributed by atoms with van der Waals surface area (Å²) in [5.41, 5.74) is 6.87. The average Bonchev–Trinajstić information content (AvgIpc) is 2.45. The van der Waals surface area contributed by atoms with Crippen LogP contribution in [0.5, 0.6) is 11.5 Å². The van der Waals surface area contributed by atoms with Gasteiger partial charge in [-0.2, -0.15) is 0 Å². The van der Waals surface area contributed by atoms with Crippen molar-refractivity contribution >= 4 is 11.9 Å². The van der Waals surface area contributed by atoms with Gasteiger partial charge in [0, 0.05) is 0 Å². The van der Waals surface area contributed by atoms with Gasteiger partial charge in [-0.15, -0.1) is 0 Å². The van der Waals surface area contributed by atoms with E-state index < -0.39 is 12.1 Å². The highest BCUT2D eigenvalue weighted by Crippen LogP contribution is 2.32. The molecule has 7 nitrogen and oxygen atoms in total. The van der Waals surface area contributed by atoms with Gasteiger partial charge in [0.25, 0.3) is 0 Å². The zero-order chi connectivity index (χ0) is 16.9. The van der Waals surface area contributed by atoms with E-state index >= 15 is 0 Å². The predicted molar refractivity (Wildman–Crippen MR) is 83.0 cm³/mol. The fourth-order valence-corrected chi connectivity index (χ4v) is 2.16.